The van der Waals surface area contributed by atoms with Crippen LogP contribution < -0.4 is 5.32 Å². The monoisotopic (exact) mass is 374 g/mol. The summed E-state index contributed by atoms with van der Waals surface area (Å²) in [4.78, 5) is 12.6. The molecule has 0 aliphatic carbocycles. The maximum atomic E-state index is 12.6. The number of rotatable bonds is 8. The molecule has 0 saturated heterocycles. The molecule has 0 aliphatic rings. The van der Waals surface area contributed by atoms with Gasteiger partial charge in [0.1, 0.15) is 0 Å². The lowest BCUT2D eigenvalue weighted by Gasteiger charge is -2.19. The van der Waals surface area contributed by atoms with Crippen molar-refractivity contribution in [2.45, 2.75) is 31.6 Å². The van der Waals surface area contributed by atoms with E-state index in [1.165, 1.54) is 16.4 Å². The minimum Gasteiger partial charge on any atom is -0.351 e. The van der Waals surface area contributed by atoms with Crippen molar-refractivity contribution < 1.29 is 13.2 Å². The second kappa shape index (κ2) is 8.96. The van der Waals surface area contributed by atoms with Crippen molar-refractivity contribution in [3.63, 3.8) is 0 Å². The lowest BCUT2D eigenvalue weighted by molar-refractivity contribution is 0.0951. The van der Waals surface area contributed by atoms with Gasteiger partial charge in [-0.1, -0.05) is 57.2 Å². The molecule has 1 amide bonds. The number of hydrogen-bond donors (Lipinski definition) is 1. The van der Waals surface area contributed by atoms with Gasteiger partial charge < -0.3 is 5.32 Å². The maximum Gasteiger partial charge on any atom is 0.251 e. The summed E-state index contributed by atoms with van der Waals surface area (Å²) in [7, 11) is -3.58. The Kier molecular flexibility index (Phi) is 6.94. The van der Waals surface area contributed by atoms with Gasteiger partial charge in [-0.2, -0.15) is 4.31 Å². The fraction of sp³-hybridized carbons (Fsp3) is 0.350. The van der Waals surface area contributed by atoms with Crippen molar-refractivity contribution in [3.05, 3.63) is 65.7 Å². The first kappa shape index (κ1) is 20.1. The number of nitrogens with zero attached hydrogens (tertiary/aromatic N) is 1. The van der Waals surface area contributed by atoms with Crippen molar-refractivity contribution in [3.8, 4) is 0 Å². The van der Waals surface area contributed by atoms with Crippen LogP contribution in [0, 0.1) is 0 Å². The van der Waals surface area contributed by atoms with Crippen molar-refractivity contribution in [1.82, 2.24) is 9.62 Å². The Balaban J connectivity index is 2.11. The molecule has 0 heterocycles. The highest BCUT2D eigenvalue weighted by atomic mass is 32.2. The van der Waals surface area contributed by atoms with Gasteiger partial charge in [-0.05, 0) is 29.7 Å². The van der Waals surface area contributed by atoms with Gasteiger partial charge in [-0.3, -0.25) is 4.79 Å². The molecule has 0 fully saturated rings. The van der Waals surface area contributed by atoms with Crippen LogP contribution in [0.4, 0.5) is 0 Å². The Morgan fingerprint density at radius 2 is 1.69 bits per heavy atom. The van der Waals surface area contributed by atoms with Gasteiger partial charge in [0.2, 0.25) is 10.0 Å². The van der Waals surface area contributed by atoms with Gasteiger partial charge in [-0.15, -0.1) is 0 Å². The largest absolute Gasteiger partial charge is 0.351 e. The minimum absolute atomic E-state index is 0.143. The minimum atomic E-state index is -3.58. The highest BCUT2D eigenvalue weighted by Gasteiger charge is 2.22. The molecule has 26 heavy (non-hydrogen) atoms. The van der Waals surface area contributed by atoms with E-state index < -0.39 is 10.0 Å². The Hall–Kier alpha value is -2.18. The summed E-state index contributed by atoms with van der Waals surface area (Å²) < 4.78 is 26.6. The van der Waals surface area contributed by atoms with Crippen molar-refractivity contribution >= 4 is 15.9 Å². The van der Waals surface area contributed by atoms with Crippen LogP contribution >= 0.6 is 0 Å². The molecule has 0 aliphatic heterocycles. The summed E-state index contributed by atoms with van der Waals surface area (Å²) in [5, 5.41) is 2.89. The number of carbonyl (C=O) groups excluding carboxylic acids is 1. The summed E-state index contributed by atoms with van der Waals surface area (Å²) >= 11 is 0. The lowest BCUT2D eigenvalue weighted by Crippen LogP contribution is -2.31. The van der Waals surface area contributed by atoms with Crippen LogP contribution in [0.3, 0.4) is 0 Å². The van der Waals surface area contributed by atoms with Crippen molar-refractivity contribution in [2.24, 2.45) is 0 Å². The molecule has 0 bridgehead atoms. The number of sulfonamides is 1. The summed E-state index contributed by atoms with van der Waals surface area (Å²) in [6, 6.07) is 16.1. The Morgan fingerprint density at radius 3 is 2.31 bits per heavy atom. The third kappa shape index (κ3) is 4.71. The number of benzene rings is 2. The molecule has 0 unspecified atom stereocenters. The summed E-state index contributed by atoms with van der Waals surface area (Å²) in [5.41, 5.74) is 1.49. The van der Waals surface area contributed by atoms with E-state index in [0.29, 0.717) is 25.2 Å². The highest BCUT2D eigenvalue weighted by molar-refractivity contribution is 7.89. The summed E-state index contributed by atoms with van der Waals surface area (Å²) in [6.07, 6.45) is 0. The zero-order valence-electron chi connectivity index (χ0n) is 15.5. The molecule has 2 rings (SSSR count). The molecule has 2 aromatic rings. The third-order valence-electron chi connectivity index (χ3n) is 4.38. The smallest absolute Gasteiger partial charge is 0.251 e. The van der Waals surface area contributed by atoms with Crippen LogP contribution in [0.2, 0.25) is 0 Å². The number of nitrogens with one attached hydrogen (secondary N) is 1. The Morgan fingerprint density at radius 1 is 1.04 bits per heavy atom. The molecule has 0 radical (unpaired) electrons. The van der Waals surface area contributed by atoms with Crippen LogP contribution in [0.25, 0.3) is 0 Å². The standard InChI is InChI=1S/C20H26N2O3S/c1-4-22(5-2)26(24,25)19-13-9-12-18(14-19)20(23)21-15-16(3)17-10-7-6-8-11-17/h6-14,16H,4-5,15H2,1-3H3,(H,21,23)/t16-/m1/s1. The average molecular weight is 375 g/mol. The number of carbonyl (C=O) groups is 1. The second-order valence-corrected chi connectivity index (χ2v) is 8.08. The number of amides is 1. The van der Waals surface area contributed by atoms with E-state index in [1.807, 2.05) is 37.3 Å². The van der Waals surface area contributed by atoms with E-state index >= 15 is 0 Å². The number of hydrogen-bond acceptors (Lipinski definition) is 3. The average Bonchev–Trinajstić information content (AvgIpc) is 2.67. The first-order valence-electron chi connectivity index (χ1n) is 8.83. The molecule has 6 heteroatoms. The Labute approximate surface area is 156 Å². The Bertz CT molecular complexity index is 831. The zero-order chi connectivity index (χ0) is 19.2. The van der Waals surface area contributed by atoms with Gasteiger partial charge in [-0.25, -0.2) is 8.42 Å². The molecule has 5 nitrogen and oxygen atoms in total. The molecule has 0 aromatic heterocycles. The van der Waals surface area contributed by atoms with E-state index in [2.05, 4.69) is 5.32 Å². The maximum absolute atomic E-state index is 12.6. The van der Waals surface area contributed by atoms with E-state index in [-0.39, 0.29) is 16.7 Å². The topological polar surface area (TPSA) is 66.5 Å². The third-order valence-corrected chi connectivity index (χ3v) is 6.42. The summed E-state index contributed by atoms with van der Waals surface area (Å²) in [6.45, 7) is 6.89. The highest BCUT2D eigenvalue weighted by Crippen LogP contribution is 2.17. The zero-order valence-corrected chi connectivity index (χ0v) is 16.3. The predicted molar refractivity (Wildman–Crippen MR) is 104 cm³/mol. The molecule has 1 atom stereocenters. The van der Waals surface area contributed by atoms with Crippen molar-refractivity contribution in [2.75, 3.05) is 19.6 Å². The lowest BCUT2D eigenvalue weighted by atomic mass is 10.0. The fourth-order valence-electron chi connectivity index (χ4n) is 2.76. The van der Waals surface area contributed by atoms with E-state index in [9.17, 15) is 13.2 Å². The fourth-order valence-corrected chi connectivity index (χ4v) is 4.26. The van der Waals surface area contributed by atoms with Crippen LogP contribution in [-0.2, 0) is 10.0 Å². The molecule has 0 saturated carbocycles. The van der Waals surface area contributed by atoms with E-state index in [4.69, 9.17) is 0 Å². The molecule has 140 valence electrons. The normalized spacial score (nSPS) is 12.8. The SMILES string of the molecule is CCN(CC)S(=O)(=O)c1cccc(C(=O)NC[C@@H](C)c2ccccc2)c1. The van der Waals surface area contributed by atoms with Gasteiger partial charge in [0.25, 0.3) is 5.91 Å². The molecule has 1 N–H and O–H groups in total. The second-order valence-electron chi connectivity index (χ2n) is 6.14. The van der Waals surface area contributed by atoms with Crippen LogP contribution in [0.5, 0.6) is 0 Å². The quantitative estimate of drug-likeness (QED) is 0.771. The summed E-state index contributed by atoms with van der Waals surface area (Å²) in [5.74, 6) is -0.105. The van der Waals surface area contributed by atoms with Gasteiger partial charge in [0.05, 0.1) is 4.90 Å². The van der Waals surface area contributed by atoms with Crippen LogP contribution in [0.1, 0.15) is 42.6 Å². The predicted octanol–water partition coefficient (Wildman–Crippen LogP) is 3.25. The molecule has 0 spiro atoms. The van der Waals surface area contributed by atoms with E-state index in [0.717, 1.165) is 5.56 Å². The van der Waals surface area contributed by atoms with Gasteiger partial charge in [0, 0.05) is 25.2 Å². The molecular formula is C20H26N2O3S. The van der Waals surface area contributed by atoms with Crippen LogP contribution in [-0.4, -0.2) is 38.3 Å². The van der Waals surface area contributed by atoms with Crippen LogP contribution in [0.15, 0.2) is 59.5 Å². The van der Waals surface area contributed by atoms with Crippen molar-refractivity contribution in [1.29, 1.82) is 0 Å². The molecular weight excluding hydrogens is 348 g/mol. The van der Waals surface area contributed by atoms with Gasteiger partial charge >= 0.3 is 0 Å². The van der Waals surface area contributed by atoms with E-state index in [1.54, 1.807) is 26.0 Å². The molecule has 2 aromatic carbocycles. The van der Waals surface area contributed by atoms with Gasteiger partial charge in [0.15, 0.2) is 0 Å². The first-order chi connectivity index (χ1) is 12.4. The first-order valence-corrected chi connectivity index (χ1v) is 10.3.